The molecule has 3 nitrogen and oxygen atoms in total. The first-order valence-electron chi connectivity index (χ1n) is 5.64. The lowest BCUT2D eigenvalue weighted by molar-refractivity contribution is 0.326. The number of terminal acetylenes is 1. The van der Waals surface area contributed by atoms with Gasteiger partial charge in [0, 0.05) is 29.4 Å². The molecule has 0 amide bonds. The van der Waals surface area contributed by atoms with Crippen molar-refractivity contribution in [2.45, 2.75) is 33.1 Å². The van der Waals surface area contributed by atoms with Gasteiger partial charge in [0.1, 0.15) is 0 Å². The Bertz CT molecular complexity index is 368. The molecule has 86 valence electrons. The molecule has 0 spiro atoms. The third-order valence-corrected chi connectivity index (χ3v) is 2.64. The summed E-state index contributed by atoms with van der Waals surface area (Å²) in [6.07, 6.45) is 9.88. The molecule has 2 rings (SSSR count). The van der Waals surface area contributed by atoms with E-state index in [1.807, 2.05) is 13.8 Å². The Morgan fingerprint density at radius 2 is 2.31 bits per heavy atom. The smallest absolute Gasteiger partial charge is 0.153 e. The Balaban J connectivity index is 0.000000606. The monoisotopic (exact) mass is 218 g/mol. The molecule has 1 atom stereocenters. The first-order valence-corrected chi connectivity index (χ1v) is 5.64. The van der Waals surface area contributed by atoms with Crippen LogP contribution in [0.2, 0.25) is 0 Å². The second kappa shape index (κ2) is 6.14. The summed E-state index contributed by atoms with van der Waals surface area (Å²) in [7, 11) is 0. The van der Waals surface area contributed by atoms with Crippen LogP contribution in [0.4, 0.5) is 0 Å². The maximum atomic E-state index is 5.41. The molecule has 1 unspecified atom stereocenters. The number of nitrogens with two attached hydrogens (primary N) is 1. The van der Waals surface area contributed by atoms with Crippen LogP contribution < -0.4 is 10.7 Å². The van der Waals surface area contributed by atoms with Crippen LogP contribution in [0.3, 0.4) is 0 Å². The number of aromatic nitrogens is 1. The van der Waals surface area contributed by atoms with Crippen molar-refractivity contribution in [3.05, 3.63) is 23.5 Å². The maximum Gasteiger partial charge on any atom is 0.153 e. The summed E-state index contributed by atoms with van der Waals surface area (Å²) in [6, 6.07) is 1.78. The Hall–Kier alpha value is -1.53. The molecule has 1 aliphatic carbocycles. The minimum Gasteiger partial charge on any atom is -0.411 e. The van der Waals surface area contributed by atoms with Crippen LogP contribution in [0, 0.1) is 18.3 Å². The van der Waals surface area contributed by atoms with Gasteiger partial charge in [-0.15, -0.1) is 12.3 Å². The third-order valence-electron chi connectivity index (χ3n) is 2.64. The lowest BCUT2D eigenvalue weighted by Gasteiger charge is -2.21. The van der Waals surface area contributed by atoms with E-state index in [4.69, 9.17) is 17.2 Å². The van der Waals surface area contributed by atoms with E-state index in [9.17, 15) is 0 Å². The van der Waals surface area contributed by atoms with Gasteiger partial charge in [-0.25, -0.2) is 0 Å². The summed E-state index contributed by atoms with van der Waals surface area (Å²) in [4.78, 5) is 9.09. The lowest BCUT2D eigenvalue weighted by Crippen LogP contribution is -2.16. The summed E-state index contributed by atoms with van der Waals surface area (Å²) in [5.74, 6) is 8.95. The van der Waals surface area contributed by atoms with E-state index < -0.39 is 0 Å². The molecule has 1 heterocycles. The fraction of sp³-hybridized carbons (Fsp3) is 0.462. The number of pyridine rings is 1. The topological polar surface area (TPSA) is 48.1 Å². The van der Waals surface area contributed by atoms with E-state index in [0.29, 0.717) is 11.7 Å². The third kappa shape index (κ3) is 2.53. The number of nitrogens with zero attached hydrogens (tertiary/aromatic N) is 1. The average molecular weight is 218 g/mol. The van der Waals surface area contributed by atoms with Gasteiger partial charge >= 0.3 is 0 Å². The van der Waals surface area contributed by atoms with E-state index in [1.54, 1.807) is 12.3 Å². The molecule has 0 fully saturated rings. The highest BCUT2D eigenvalue weighted by Crippen LogP contribution is 2.29. The van der Waals surface area contributed by atoms with Gasteiger partial charge in [0.05, 0.1) is 0 Å². The molecule has 3 heteroatoms. The van der Waals surface area contributed by atoms with Gasteiger partial charge in [0.25, 0.3) is 0 Å². The highest BCUT2D eigenvalue weighted by molar-refractivity contribution is 5.38. The zero-order chi connectivity index (χ0) is 12.0. The first-order chi connectivity index (χ1) is 7.85. The second-order valence-corrected chi connectivity index (χ2v) is 3.46. The van der Waals surface area contributed by atoms with Crippen molar-refractivity contribution in [1.82, 2.24) is 4.98 Å². The molecular formula is C13H18N2O. The second-order valence-electron chi connectivity index (χ2n) is 3.46. The summed E-state index contributed by atoms with van der Waals surface area (Å²) in [5.41, 5.74) is 2.14. The fourth-order valence-corrected chi connectivity index (χ4v) is 1.86. The molecule has 2 N–H and O–H groups in total. The maximum absolute atomic E-state index is 5.41. The van der Waals surface area contributed by atoms with Crippen molar-refractivity contribution < 1.29 is 4.84 Å². The molecule has 0 aliphatic heterocycles. The van der Waals surface area contributed by atoms with Gasteiger partial charge in [0.15, 0.2) is 5.75 Å². The van der Waals surface area contributed by atoms with Crippen molar-refractivity contribution in [1.29, 1.82) is 0 Å². The standard InChI is InChI=1S/C11H12N2O.C2H6/c1-2-8-3-4-10-9(7-8)11(14-12)5-6-13-10;1-2/h1,5-6,8H,3-4,7,12H2;1-2H3. The molecule has 0 aromatic carbocycles. The summed E-state index contributed by atoms with van der Waals surface area (Å²) >= 11 is 0. The van der Waals surface area contributed by atoms with Gasteiger partial charge < -0.3 is 4.84 Å². The predicted octanol–water partition coefficient (Wildman–Crippen LogP) is 2.10. The normalized spacial score (nSPS) is 17.5. The molecule has 0 saturated heterocycles. The van der Waals surface area contributed by atoms with Crippen molar-refractivity contribution in [2.75, 3.05) is 0 Å². The fourth-order valence-electron chi connectivity index (χ4n) is 1.86. The molecule has 1 aromatic heterocycles. The zero-order valence-electron chi connectivity index (χ0n) is 9.86. The summed E-state index contributed by atoms with van der Waals surface area (Å²) in [5, 5.41) is 0. The quantitative estimate of drug-likeness (QED) is 0.580. The SMILES string of the molecule is C#CC1CCc2nccc(ON)c2C1.CC. The van der Waals surface area contributed by atoms with E-state index in [1.165, 1.54) is 0 Å². The zero-order valence-corrected chi connectivity index (χ0v) is 9.86. The number of rotatable bonds is 1. The first kappa shape index (κ1) is 12.5. The molecule has 1 aliphatic rings. The molecule has 1 aromatic rings. The van der Waals surface area contributed by atoms with Gasteiger partial charge in [-0.2, -0.15) is 5.90 Å². The average Bonchev–Trinajstić information content (AvgIpc) is 2.39. The van der Waals surface area contributed by atoms with Crippen LogP contribution in [-0.4, -0.2) is 4.98 Å². The predicted molar refractivity (Wildman–Crippen MR) is 64.7 cm³/mol. The summed E-state index contributed by atoms with van der Waals surface area (Å²) in [6.45, 7) is 4.00. The highest BCUT2D eigenvalue weighted by Gasteiger charge is 2.21. The van der Waals surface area contributed by atoms with Crippen LogP contribution in [0.25, 0.3) is 0 Å². The van der Waals surface area contributed by atoms with E-state index in [-0.39, 0.29) is 0 Å². The van der Waals surface area contributed by atoms with Gasteiger partial charge in [-0.1, -0.05) is 13.8 Å². The van der Waals surface area contributed by atoms with Gasteiger partial charge in [-0.05, 0) is 19.3 Å². The minimum absolute atomic E-state index is 0.292. The molecule has 16 heavy (non-hydrogen) atoms. The minimum atomic E-state index is 0.292. The van der Waals surface area contributed by atoms with Crippen molar-refractivity contribution in [3.63, 3.8) is 0 Å². The van der Waals surface area contributed by atoms with Crippen LogP contribution >= 0.6 is 0 Å². The van der Waals surface area contributed by atoms with Crippen molar-refractivity contribution in [2.24, 2.45) is 11.8 Å². The Labute approximate surface area is 97.0 Å². The lowest BCUT2D eigenvalue weighted by atomic mass is 9.87. The Kier molecular flexibility index (Phi) is 4.81. The Morgan fingerprint density at radius 3 is 2.94 bits per heavy atom. The van der Waals surface area contributed by atoms with Crippen LogP contribution in [0.15, 0.2) is 12.3 Å². The van der Waals surface area contributed by atoms with Crippen LogP contribution in [0.5, 0.6) is 5.75 Å². The van der Waals surface area contributed by atoms with E-state index in [0.717, 1.165) is 30.5 Å². The van der Waals surface area contributed by atoms with Crippen molar-refractivity contribution >= 4 is 0 Å². The summed E-state index contributed by atoms with van der Waals surface area (Å²) < 4.78 is 0. The number of hydrogen-bond donors (Lipinski definition) is 1. The number of hydrogen-bond acceptors (Lipinski definition) is 3. The van der Waals surface area contributed by atoms with Crippen LogP contribution in [0.1, 0.15) is 31.5 Å². The van der Waals surface area contributed by atoms with Crippen LogP contribution in [-0.2, 0) is 12.8 Å². The van der Waals surface area contributed by atoms with Crippen molar-refractivity contribution in [3.8, 4) is 18.1 Å². The van der Waals surface area contributed by atoms with E-state index in [2.05, 4.69) is 10.9 Å². The molecule has 0 radical (unpaired) electrons. The number of fused-ring (bicyclic) bond motifs is 1. The largest absolute Gasteiger partial charge is 0.411 e. The Morgan fingerprint density at radius 1 is 1.56 bits per heavy atom. The van der Waals surface area contributed by atoms with Gasteiger partial charge in [0.2, 0.25) is 0 Å². The van der Waals surface area contributed by atoms with E-state index >= 15 is 0 Å². The highest BCUT2D eigenvalue weighted by atomic mass is 16.6. The molecular weight excluding hydrogens is 200 g/mol. The molecule has 0 saturated carbocycles. The molecule has 0 bridgehead atoms. The number of aryl methyl sites for hydroxylation is 1. The van der Waals surface area contributed by atoms with Gasteiger partial charge in [-0.3, -0.25) is 4.98 Å².